The molecule has 0 amide bonds. The summed E-state index contributed by atoms with van der Waals surface area (Å²) in [7, 11) is -3.27. The summed E-state index contributed by atoms with van der Waals surface area (Å²) < 4.78 is 31.3. The predicted molar refractivity (Wildman–Crippen MR) is 91.5 cm³/mol. The Labute approximate surface area is 137 Å². The molecule has 2 aliphatic heterocycles. The van der Waals surface area contributed by atoms with Crippen LogP contribution in [-0.2, 0) is 14.6 Å². The Balaban J connectivity index is 2.17. The number of hydrogen-bond donors (Lipinski definition) is 0. The van der Waals surface area contributed by atoms with Gasteiger partial charge in [-0.25, -0.2) is 8.42 Å². The largest absolute Gasteiger partial charge is 0.485 e. The number of thioether (sulfide) groups is 1. The average Bonchev–Trinajstić information content (AvgIpc) is 2.41. The Morgan fingerprint density at radius 3 is 2.59 bits per heavy atom. The van der Waals surface area contributed by atoms with Crippen molar-refractivity contribution in [2.75, 3.05) is 5.75 Å². The minimum absolute atomic E-state index is 0.0512. The lowest BCUT2D eigenvalue weighted by molar-refractivity contribution is 0.0161. The quantitative estimate of drug-likeness (QED) is 0.809. The Kier molecular flexibility index (Phi) is 3.64. The van der Waals surface area contributed by atoms with Gasteiger partial charge in [0.1, 0.15) is 11.4 Å². The summed E-state index contributed by atoms with van der Waals surface area (Å²) in [5, 5.41) is 0. The lowest BCUT2D eigenvalue weighted by Gasteiger charge is -2.49. The lowest BCUT2D eigenvalue weighted by Crippen LogP contribution is -2.50. The Morgan fingerprint density at radius 2 is 1.91 bits per heavy atom. The van der Waals surface area contributed by atoms with E-state index >= 15 is 0 Å². The van der Waals surface area contributed by atoms with Crippen LogP contribution in [0.1, 0.15) is 46.1 Å². The second kappa shape index (κ2) is 5.03. The summed E-state index contributed by atoms with van der Waals surface area (Å²) in [4.78, 5) is 1.24. The van der Waals surface area contributed by atoms with Crippen molar-refractivity contribution in [1.82, 2.24) is 0 Å². The van der Waals surface area contributed by atoms with E-state index < -0.39 is 9.84 Å². The van der Waals surface area contributed by atoms with Crippen molar-refractivity contribution >= 4 is 27.4 Å². The fraction of sp³-hybridized carbons (Fsp3) is 0.529. The summed E-state index contributed by atoms with van der Waals surface area (Å²) in [5.41, 5.74) is 0.411. The normalized spacial score (nSPS) is 28.5. The highest BCUT2D eigenvalue weighted by Crippen LogP contribution is 2.55. The molecule has 1 unspecified atom stereocenters. The fourth-order valence-electron chi connectivity index (χ4n) is 3.17. The van der Waals surface area contributed by atoms with E-state index in [1.165, 1.54) is 0 Å². The molecule has 1 aromatic carbocycles. The molecule has 0 aliphatic carbocycles. The van der Waals surface area contributed by atoms with Gasteiger partial charge in [0.2, 0.25) is 0 Å². The molecule has 3 rings (SSSR count). The van der Waals surface area contributed by atoms with Gasteiger partial charge in [-0.3, -0.25) is 0 Å². The van der Waals surface area contributed by atoms with Gasteiger partial charge in [-0.05, 0) is 39.3 Å². The topological polar surface area (TPSA) is 43.4 Å². The molecule has 3 nitrogen and oxygen atoms in total. The first-order chi connectivity index (χ1) is 10.2. The number of rotatable bonds is 2. The van der Waals surface area contributed by atoms with Crippen molar-refractivity contribution in [2.45, 2.75) is 55.8 Å². The third-order valence-electron chi connectivity index (χ3n) is 4.75. The zero-order valence-corrected chi connectivity index (χ0v) is 15.1. The van der Waals surface area contributed by atoms with Gasteiger partial charge in [-0.15, -0.1) is 11.8 Å². The molecule has 0 aromatic heterocycles. The number of sulfone groups is 1. The van der Waals surface area contributed by atoms with Gasteiger partial charge in [-0.2, -0.15) is 0 Å². The van der Waals surface area contributed by atoms with Gasteiger partial charge < -0.3 is 4.74 Å². The third-order valence-corrected chi connectivity index (χ3v) is 8.14. The maximum atomic E-state index is 12.5. The molecule has 0 saturated carbocycles. The van der Waals surface area contributed by atoms with Crippen LogP contribution >= 0.6 is 11.8 Å². The molecular weight excluding hydrogens is 316 g/mol. The molecule has 22 heavy (non-hydrogen) atoms. The van der Waals surface area contributed by atoms with E-state index in [9.17, 15) is 8.42 Å². The lowest BCUT2D eigenvalue weighted by atomic mass is 9.86. The van der Waals surface area contributed by atoms with E-state index in [1.54, 1.807) is 23.9 Å². The van der Waals surface area contributed by atoms with Crippen LogP contribution in [-0.4, -0.2) is 24.5 Å². The van der Waals surface area contributed by atoms with E-state index in [2.05, 4.69) is 27.7 Å². The van der Waals surface area contributed by atoms with E-state index in [-0.39, 0.29) is 16.1 Å². The van der Waals surface area contributed by atoms with E-state index in [0.717, 1.165) is 23.5 Å². The van der Waals surface area contributed by atoms with E-state index in [4.69, 9.17) is 4.74 Å². The van der Waals surface area contributed by atoms with Gasteiger partial charge in [0, 0.05) is 10.5 Å². The fourth-order valence-corrected chi connectivity index (χ4v) is 6.51. The molecule has 2 heterocycles. The summed E-state index contributed by atoms with van der Waals surface area (Å²) in [6.07, 6.45) is 1.97. The average molecular weight is 338 g/mol. The zero-order chi connectivity index (χ0) is 16.2. The van der Waals surface area contributed by atoms with E-state index in [1.807, 2.05) is 12.1 Å². The van der Waals surface area contributed by atoms with Gasteiger partial charge in [0.15, 0.2) is 9.84 Å². The zero-order valence-electron chi connectivity index (χ0n) is 13.5. The van der Waals surface area contributed by atoms with Crippen LogP contribution in [0.15, 0.2) is 34.1 Å². The van der Waals surface area contributed by atoms with Gasteiger partial charge in [0.05, 0.1) is 15.4 Å². The minimum Gasteiger partial charge on any atom is -0.485 e. The third kappa shape index (κ3) is 2.29. The first-order valence-electron chi connectivity index (χ1n) is 7.63. The summed E-state index contributed by atoms with van der Waals surface area (Å²) in [6, 6.07) is 7.17. The van der Waals surface area contributed by atoms with Crippen LogP contribution in [0.4, 0.5) is 0 Å². The van der Waals surface area contributed by atoms with Crippen molar-refractivity contribution in [3.05, 3.63) is 34.7 Å². The van der Waals surface area contributed by atoms with Gasteiger partial charge in [0.25, 0.3) is 0 Å². The van der Waals surface area contributed by atoms with Gasteiger partial charge in [-0.1, -0.05) is 25.5 Å². The second-order valence-electron chi connectivity index (χ2n) is 6.70. The first kappa shape index (κ1) is 15.9. The summed E-state index contributed by atoms with van der Waals surface area (Å²) in [5.74, 6) is 0.820. The van der Waals surface area contributed by atoms with Crippen LogP contribution in [0.25, 0.3) is 5.76 Å². The molecule has 0 saturated heterocycles. The number of ether oxygens (including phenoxy) is 1. The van der Waals surface area contributed by atoms with Crippen LogP contribution in [0.3, 0.4) is 0 Å². The maximum Gasteiger partial charge on any atom is 0.183 e. The summed E-state index contributed by atoms with van der Waals surface area (Å²) >= 11 is 1.66. The van der Waals surface area contributed by atoms with E-state index in [0.29, 0.717) is 10.5 Å². The highest BCUT2D eigenvalue weighted by Gasteiger charge is 2.50. The molecule has 1 atom stereocenters. The van der Waals surface area contributed by atoms with Crippen LogP contribution < -0.4 is 0 Å². The van der Waals surface area contributed by atoms with Crippen molar-refractivity contribution < 1.29 is 13.2 Å². The molecular formula is C17H22O3S2. The smallest absolute Gasteiger partial charge is 0.183 e. The molecule has 0 N–H and O–H groups in total. The molecule has 5 heteroatoms. The maximum absolute atomic E-state index is 12.5. The molecule has 0 bridgehead atoms. The minimum atomic E-state index is -3.27. The highest BCUT2D eigenvalue weighted by atomic mass is 32.2. The van der Waals surface area contributed by atoms with Crippen molar-refractivity contribution in [2.24, 2.45) is 0 Å². The summed E-state index contributed by atoms with van der Waals surface area (Å²) in [6.45, 7) is 8.58. The molecule has 0 fully saturated rings. The van der Waals surface area contributed by atoms with Crippen LogP contribution in [0, 0.1) is 0 Å². The number of fused-ring (bicyclic) bond motifs is 2. The first-order valence-corrected chi connectivity index (χ1v) is 10.1. The molecule has 0 spiro atoms. The second-order valence-corrected chi connectivity index (χ2v) is 10.4. The Hall–Kier alpha value is -0.940. The van der Waals surface area contributed by atoms with Crippen molar-refractivity contribution in [1.29, 1.82) is 0 Å². The standard InChI is InChI=1S/C17H22O3S2/c1-5-10-17(4)16(2,3)21-13-11-22(18,19)14-9-7-6-8-12(14)15(13)20-17/h6-9H,5,10-11H2,1-4H3. The monoisotopic (exact) mass is 338 g/mol. The van der Waals surface area contributed by atoms with Crippen LogP contribution in [0.5, 0.6) is 0 Å². The van der Waals surface area contributed by atoms with Crippen LogP contribution in [0.2, 0.25) is 0 Å². The number of benzene rings is 1. The highest BCUT2D eigenvalue weighted by molar-refractivity contribution is 8.06. The molecule has 1 aromatic rings. The molecule has 120 valence electrons. The molecule has 2 aliphatic rings. The van der Waals surface area contributed by atoms with Gasteiger partial charge >= 0.3 is 0 Å². The number of hydrogen-bond acceptors (Lipinski definition) is 4. The van der Waals surface area contributed by atoms with Crippen molar-refractivity contribution in [3.63, 3.8) is 0 Å². The Morgan fingerprint density at radius 1 is 1.23 bits per heavy atom. The van der Waals surface area contributed by atoms with Crippen molar-refractivity contribution in [3.8, 4) is 0 Å². The Bertz CT molecular complexity index is 747. The predicted octanol–water partition coefficient (Wildman–Crippen LogP) is 4.24. The molecule has 0 radical (unpaired) electrons. The SMILES string of the molecule is CCCC1(C)OC2=C(CS(=O)(=O)c3ccccc32)SC1(C)C.